The Morgan fingerprint density at radius 3 is 2.73 bits per heavy atom. The monoisotopic (exact) mass is 533 g/mol. The Morgan fingerprint density at radius 2 is 2.11 bits per heavy atom. The summed E-state index contributed by atoms with van der Waals surface area (Å²) < 4.78 is 19.2. The lowest BCUT2D eigenvalue weighted by Gasteiger charge is -2.28. The molecule has 10 nitrogen and oxygen atoms in total. The summed E-state index contributed by atoms with van der Waals surface area (Å²) in [4.78, 5) is 53.5. The summed E-state index contributed by atoms with van der Waals surface area (Å²) in [6.45, 7) is 3.92. The van der Waals surface area contributed by atoms with Gasteiger partial charge in [-0.25, -0.2) is 9.40 Å². The van der Waals surface area contributed by atoms with Crippen LogP contribution in [-0.4, -0.2) is 65.0 Å². The minimum absolute atomic E-state index is 0.0192. The smallest absolute Gasteiger partial charge is 0.291 e. The summed E-state index contributed by atoms with van der Waals surface area (Å²) in [5.41, 5.74) is 0.733. The van der Waals surface area contributed by atoms with Gasteiger partial charge in [0.2, 0.25) is 5.91 Å². The second-order valence-electron chi connectivity index (χ2n) is 9.05. The summed E-state index contributed by atoms with van der Waals surface area (Å²) >= 11 is 5.33. The van der Waals surface area contributed by atoms with E-state index < -0.39 is 35.3 Å². The van der Waals surface area contributed by atoms with E-state index >= 15 is 0 Å². The van der Waals surface area contributed by atoms with Gasteiger partial charge in [0.25, 0.3) is 23.4 Å². The van der Waals surface area contributed by atoms with Crippen LogP contribution in [0.1, 0.15) is 37.2 Å². The van der Waals surface area contributed by atoms with Crippen LogP contribution in [0.25, 0.3) is 10.9 Å². The van der Waals surface area contributed by atoms with Gasteiger partial charge >= 0.3 is 0 Å². The summed E-state index contributed by atoms with van der Waals surface area (Å²) in [5, 5.41) is 6.62. The number of terminal acetylenes is 1. The maximum atomic E-state index is 13.6. The maximum absolute atomic E-state index is 13.6. The Hall–Kier alpha value is -3.78. The number of rotatable bonds is 10. The first kappa shape index (κ1) is 27.8. The topological polar surface area (TPSA) is 133 Å². The molecule has 198 valence electrons. The molecule has 0 bridgehead atoms. The third-order valence-electron chi connectivity index (χ3n) is 5.77. The quantitative estimate of drug-likeness (QED) is 0.210. The average Bonchev–Trinajstić information content (AvgIpc) is 3.47. The minimum atomic E-state index is -2.42. The number of nitrogens with one attached hydrogen (secondary N) is 4. The summed E-state index contributed by atoms with van der Waals surface area (Å²) in [6, 6.07) is 5.73. The van der Waals surface area contributed by atoms with Gasteiger partial charge in [-0.05, 0) is 37.0 Å². The first-order valence-electron chi connectivity index (χ1n) is 11.8. The number of aromatic nitrogens is 1. The van der Waals surface area contributed by atoms with E-state index in [1.54, 1.807) is 24.3 Å². The molecule has 0 radical (unpaired) electrons. The molecule has 0 unspecified atom stereocenters. The highest BCUT2D eigenvalue weighted by Crippen LogP contribution is 2.26. The van der Waals surface area contributed by atoms with E-state index in [2.05, 4.69) is 27.0 Å². The van der Waals surface area contributed by atoms with Crippen molar-refractivity contribution in [1.82, 2.24) is 26.1 Å². The SMILES string of the molecule is C#CCOc1cccc2[nH]c(C(=O)N[C@@H](CC(C)C)C(=O)NN(C[C@@H]3CCNC3=O)C(=O)[C@H](F)Cl)cc12. The van der Waals surface area contributed by atoms with E-state index in [9.17, 15) is 23.6 Å². The van der Waals surface area contributed by atoms with E-state index in [4.69, 9.17) is 22.8 Å². The number of amides is 4. The zero-order valence-corrected chi connectivity index (χ0v) is 21.2. The first-order chi connectivity index (χ1) is 17.6. The second kappa shape index (κ2) is 12.5. The number of nitrogens with zero attached hydrogens (tertiary/aromatic N) is 1. The number of H-pyrrole nitrogens is 1. The highest BCUT2D eigenvalue weighted by Gasteiger charge is 2.33. The fourth-order valence-electron chi connectivity index (χ4n) is 3.99. The number of hydrazine groups is 1. The molecule has 2 heterocycles. The number of carbonyl (C=O) groups excluding carboxylic acids is 4. The number of aromatic amines is 1. The highest BCUT2D eigenvalue weighted by atomic mass is 35.5. The van der Waals surface area contributed by atoms with Crippen molar-refractivity contribution in [3.8, 4) is 18.1 Å². The molecule has 37 heavy (non-hydrogen) atoms. The summed E-state index contributed by atoms with van der Waals surface area (Å²) in [7, 11) is 0. The van der Waals surface area contributed by atoms with Crippen molar-refractivity contribution >= 4 is 46.1 Å². The fraction of sp³-hybridized carbons (Fsp3) is 0.440. The van der Waals surface area contributed by atoms with Crippen LogP contribution in [0.3, 0.4) is 0 Å². The fourth-order valence-corrected chi connectivity index (χ4v) is 4.11. The average molecular weight is 534 g/mol. The molecule has 4 N–H and O–H groups in total. The lowest BCUT2D eigenvalue weighted by Crippen LogP contribution is -2.57. The van der Waals surface area contributed by atoms with Crippen molar-refractivity contribution < 1.29 is 28.3 Å². The van der Waals surface area contributed by atoms with Crippen LogP contribution < -0.4 is 20.8 Å². The molecule has 3 atom stereocenters. The zero-order chi connectivity index (χ0) is 27.1. The van der Waals surface area contributed by atoms with E-state index in [0.717, 1.165) is 0 Å². The lowest BCUT2D eigenvalue weighted by atomic mass is 10.0. The van der Waals surface area contributed by atoms with Crippen LogP contribution in [0.2, 0.25) is 0 Å². The Kier molecular flexibility index (Phi) is 9.36. The standard InChI is InChI=1S/C25H29ClFN5O5/c1-4-10-37-20-7-5-6-17-16(20)12-19(29-17)23(34)30-18(11-14(2)3)24(35)31-32(25(36)21(26)27)13-15-8-9-28-22(15)33/h1,5-7,12,14-15,18,21,29H,8-11,13H2,2-3H3,(H,28,33)(H,30,34)(H,31,35)/t15-,18-,21-/m0/s1. The highest BCUT2D eigenvalue weighted by molar-refractivity contribution is 6.29. The summed E-state index contributed by atoms with van der Waals surface area (Å²) in [5.74, 6) is -0.615. The van der Waals surface area contributed by atoms with Crippen molar-refractivity contribution in [3.05, 3.63) is 30.0 Å². The van der Waals surface area contributed by atoms with Crippen molar-refractivity contribution in [2.45, 2.75) is 38.4 Å². The van der Waals surface area contributed by atoms with E-state index in [0.29, 0.717) is 34.6 Å². The first-order valence-corrected chi connectivity index (χ1v) is 12.2. The number of benzene rings is 1. The molecular weight excluding hydrogens is 505 g/mol. The van der Waals surface area contributed by atoms with Crippen LogP contribution in [0, 0.1) is 24.2 Å². The Morgan fingerprint density at radius 1 is 1.35 bits per heavy atom. The number of hydrogen-bond donors (Lipinski definition) is 4. The van der Waals surface area contributed by atoms with Crippen LogP contribution in [0.5, 0.6) is 5.75 Å². The van der Waals surface area contributed by atoms with Crippen LogP contribution in [0.15, 0.2) is 24.3 Å². The number of fused-ring (bicyclic) bond motifs is 1. The molecule has 1 fully saturated rings. The van der Waals surface area contributed by atoms with Crippen LogP contribution in [0.4, 0.5) is 4.39 Å². The molecule has 1 saturated heterocycles. The molecule has 4 amide bonds. The van der Waals surface area contributed by atoms with Crippen molar-refractivity contribution in [3.63, 3.8) is 0 Å². The number of ether oxygens (including phenoxy) is 1. The summed E-state index contributed by atoms with van der Waals surface area (Å²) in [6.07, 6.45) is 5.90. The predicted octanol–water partition coefficient (Wildman–Crippen LogP) is 1.85. The molecule has 2 aromatic rings. The Bertz CT molecular complexity index is 1210. The number of carbonyl (C=O) groups is 4. The van der Waals surface area contributed by atoms with Gasteiger partial charge in [-0.1, -0.05) is 37.4 Å². The maximum Gasteiger partial charge on any atom is 0.291 e. The predicted molar refractivity (Wildman–Crippen MR) is 135 cm³/mol. The number of halogens is 2. The molecule has 1 aliphatic heterocycles. The molecular formula is C25H29ClFN5O5. The van der Waals surface area contributed by atoms with Gasteiger partial charge in [-0.2, -0.15) is 0 Å². The normalized spacial score (nSPS) is 16.5. The van der Waals surface area contributed by atoms with Gasteiger partial charge in [0.15, 0.2) is 0 Å². The minimum Gasteiger partial charge on any atom is -0.480 e. The van der Waals surface area contributed by atoms with Crippen LogP contribution >= 0.6 is 11.6 Å². The largest absolute Gasteiger partial charge is 0.480 e. The van der Waals surface area contributed by atoms with Gasteiger partial charge in [-0.3, -0.25) is 24.6 Å². The molecule has 12 heteroatoms. The third-order valence-corrected chi connectivity index (χ3v) is 5.96. The number of hydrogen-bond acceptors (Lipinski definition) is 5. The van der Waals surface area contributed by atoms with Gasteiger partial charge in [-0.15, -0.1) is 6.42 Å². The molecule has 1 aliphatic rings. The third kappa shape index (κ3) is 7.13. The molecule has 3 rings (SSSR count). The van der Waals surface area contributed by atoms with E-state index in [1.165, 1.54) is 0 Å². The molecule has 0 aliphatic carbocycles. The number of alkyl halides is 2. The van der Waals surface area contributed by atoms with Crippen LogP contribution in [-0.2, 0) is 14.4 Å². The Labute approximate surface area is 218 Å². The van der Waals surface area contributed by atoms with Gasteiger partial charge in [0.05, 0.1) is 12.5 Å². The van der Waals surface area contributed by atoms with Gasteiger partial charge in [0, 0.05) is 17.4 Å². The Balaban J connectivity index is 1.78. The molecule has 0 saturated carbocycles. The van der Waals surface area contributed by atoms with Crippen molar-refractivity contribution in [2.75, 3.05) is 19.7 Å². The van der Waals surface area contributed by atoms with E-state index in [1.807, 2.05) is 13.8 Å². The molecule has 1 aromatic carbocycles. The molecule has 1 aromatic heterocycles. The van der Waals surface area contributed by atoms with Gasteiger partial charge < -0.3 is 20.4 Å². The lowest BCUT2D eigenvalue weighted by molar-refractivity contribution is -0.145. The second-order valence-corrected chi connectivity index (χ2v) is 9.43. The van der Waals surface area contributed by atoms with Crippen molar-refractivity contribution in [1.29, 1.82) is 0 Å². The van der Waals surface area contributed by atoms with E-state index in [-0.39, 0.29) is 37.1 Å². The molecule has 0 spiro atoms. The van der Waals surface area contributed by atoms with Gasteiger partial charge in [0.1, 0.15) is 24.1 Å². The zero-order valence-electron chi connectivity index (χ0n) is 20.5. The van der Waals surface area contributed by atoms with Crippen molar-refractivity contribution in [2.24, 2.45) is 11.8 Å².